The molecule has 1 aromatic heterocycles. The molecular weight excluding hydrogens is 382 g/mol. The van der Waals surface area contributed by atoms with E-state index in [2.05, 4.69) is 25.1 Å². The molecule has 1 aromatic carbocycles. The van der Waals surface area contributed by atoms with Gasteiger partial charge in [0.2, 0.25) is 5.91 Å². The van der Waals surface area contributed by atoms with Crippen LogP contribution in [0.15, 0.2) is 36.7 Å². The second-order valence-electron chi connectivity index (χ2n) is 7.91. The van der Waals surface area contributed by atoms with Crippen LogP contribution in [0.2, 0.25) is 0 Å². The molecule has 0 spiro atoms. The third kappa shape index (κ3) is 4.69. The maximum Gasteiger partial charge on any atom is 0.335 e. The van der Waals surface area contributed by atoms with Gasteiger partial charge in [-0.15, -0.1) is 0 Å². The number of aromatic carboxylic acids is 1. The SMILES string of the molecule is O=C(O)c1ccc(N2CCC(C(=O)Nc3cncc(N4CCCCC4)n3)CC2)cc1. The number of rotatable bonds is 5. The molecule has 2 aliphatic rings. The fourth-order valence-corrected chi connectivity index (χ4v) is 4.13. The van der Waals surface area contributed by atoms with Crippen molar-refractivity contribution < 1.29 is 14.7 Å². The summed E-state index contributed by atoms with van der Waals surface area (Å²) in [6.45, 7) is 3.48. The third-order valence-corrected chi connectivity index (χ3v) is 5.90. The summed E-state index contributed by atoms with van der Waals surface area (Å²) in [4.78, 5) is 37.0. The average Bonchev–Trinajstić information content (AvgIpc) is 2.80. The van der Waals surface area contributed by atoms with Crippen molar-refractivity contribution in [3.05, 3.63) is 42.2 Å². The zero-order chi connectivity index (χ0) is 20.9. The third-order valence-electron chi connectivity index (χ3n) is 5.90. The highest BCUT2D eigenvalue weighted by Gasteiger charge is 2.26. The molecule has 8 heteroatoms. The Morgan fingerprint density at radius 1 is 0.933 bits per heavy atom. The van der Waals surface area contributed by atoms with Crippen LogP contribution in [-0.2, 0) is 4.79 Å². The fourth-order valence-electron chi connectivity index (χ4n) is 4.13. The minimum atomic E-state index is -0.926. The number of hydrogen-bond acceptors (Lipinski definition) is 6. The monoisotopic (exact) mass is 409 g/mol. The topological polar surface area (TPSA) is 98.7 Å². The summed E-state index contributed by atoms with van der Waals surface area (Å²) < 4.78 is 0. The van der Waals surface area contributed by atoms with Gasteiger partial charge in [0.15, 0.2) is 5.82 Å². The van der Waals surface area contributed by atoms with E-state index in [0.29, 0.717) is 5.82 Å². The van der Waals surface area contributed by atoms with Crippen LogP contribution in [0, 0.1) is 5.92 Å². The second kappa shape index (κ2) is 9.11. The van der Waals surface area contributed by atoms with Crippen molar-refractivity contribution in [2.75, 3.05) is 41.3 Å². The Morgan fingerprint density at radius 3 is 2.30 bits per heavy atom. The Labute approximate surface area is 175 Å². The number of nitrogens with zero attached hydrogens (tertiary/aromatic N) is 4. The molecule has 2 aliphatic heterocycles. The molecule has 0 radical (unpaired) electrons. The Bertz CT molecular complexity index is 888. The molecule has 30 heavy (non-hydrogen) atoms. The Balaban J connectivity index is 1.31. The lowest BCUT2D eigenvalue weighted by Crippen LogP contribution is -2.38. The quantitative estimate of drug-likeness (QED) is 0.783. The van der Waals surface area contributed by atoms with Gasteiger partial charge in [-0.3, -0.25) is 9.78 Å². The number of anilines is 3. The Hall–Kier alpha value is -3.16. The van der Waals surface area contributed by atoms with Crippen molar-refractivity contribution in [3.8, 4) is 0 Å². The van der Waals surface area contributed by atoms with Crippen molar-refractivity contribution in [2.24, 2.45) is 5.92 Å². The number of carboxylic acids is 1. The number of carbonyl (C=O) groups is 2. The first-order valence-corrected chi connectivity index (χ1v) is 10.6. The van der Waals surface area contributed by atoms with E-state index < -0.39 is 5.97 Å². The summed E-state index contributed by atoms with van der Waals surface area (Å²) in [6.07, 6.45) is 8.42. The van der Waals surface area contributed by atoms with E-state index in [1.54, 1.807) is 24.5 Å². The maximum absolute atomic E-state index is 12.7. The number of carbonyl (C=O) groups excluding carboxylic acids is 1. The van der Waals surface area contributed by atoms with Crippen molar-refractivity contribution >= 4 is 29.2 Å². The Kier molecular flexibility index (Phi) is 6.11. The van der Waals surface area contributed by atoms with E-state index in [9.17, 15) is 9.59 Å². The molecule has 0 bridgehead atoms. The van der Waals surface area contributed by atoms with Crippen molar-refractivity contribution in [3.63, 3.8) is 0 Å². The minimum absolute atomic E-state index is 0.0130. The summed E-state index contributed by atoms with van der Waals surface area (Å²) in [5, 5.41) is 12.0. The number of hydrogen-bond donors (Lipinski definition) is 2. The van der Waals surface area contributed by atoms with E-state index >= 15 is 0 Å². The van der Waals surface area contributed by atoms with Gasteiger partial charge in [0.25, 0.3) is 0 Å². The maximum atomic E-state index is 12.7. The van der Waals surface area contributed by atoms with Crippen molar-refractivity contribution in [1.29, 1.82) is 0 Å². The smallest absolute Gasteiger partial charge is 0.335 e. The first kappa shape index (κ1) is 20.1. The van der Waals surface area contributed by atoms with E-state index in [0.717, 1.165) is 63.4 Å². The molecule has 4 rings (SSSR count). The van der Waals surface area contributed by atoms with Crippen LogP contribution >= 0.6 is 0 Å². The van der Waals surface area contributed by atoms with Gasteiger partial charge in [0.1, 0.15) is 5.82 Å². The number of nitrogens with one attached hydrogen (secondary N) is 1. The van der Waals surface area contributed by atoms with Crippen LogP contribution < -0.4 is 15.1 Å². The van der Waals surface area contributed by atoms with Crippen LogP contribution in [0.4, 0.5) is 17.3 Å². The lowest BCUT2D eigenvalue weighted by atomic mass is 9.95. The van der Waals surface area contributed by atoms with E-state index in [1.165, 1.54) is 6.42 Å². The van der Waals surface area contributed by atoms with Gasteiger partial charge in [0, 0.05) is 37.8 Å². The van der Waals surface area contributed by atoms with Crippen LogP contribution in [0.3, 0.4) is 0 Å². The van der Waals surface area contributed by atoms with Gasteiger partial charge < -0.3 is 20.2 Å². The first-order chi connectivity index (χ1) is 14.6. The predicted molar refractivity (Wildman–Crippen MR) is 115 cm³/mol. The molecule has 8 nitrogen and oxygen atoms in total. The molecule has 2 N–H and O–H groups in total. The predicted octanol–water partition coefficient (Wildman–Crippen LogP) is 3.02. The van der Waals surface area contributed by atoms with Gasteiger partial charge in [0.05, 0.1) is 18.0 Å². The van der Waals surface area contributed by atoms with Crippen LogP contribution in [0.5, 0.6) is 0 Å². The number of aromatic nitrogens is 2. The van der Waals surface area contributed by atoms with Crippen molar-refractivity contribution in [2.45, 2.75) is 32.1 Å². The highest BCUT2D eigenvalue weighted by atomic mass is 16.4. The van der Waals surface area contributed by atoms with Gasteiger partial charge in [-0.05, 0) is 56.4 Å². The highest BCUT2D eigenvalue weighted by molar-refractivity contribution is 5.92. The normalized spacial score (nSPS) is 17.6. The average molecular weight is 409 g/mol. The number of carboxylic acid groups (broad SMARTS) is 1. The number of benzene rings is 1. The molecule has 1 amide bonds. The van der Waals surface area contributed by atoms with Crippen molar-refractivity contribution in [1.82, 2.24) is 9.97 Å². The second-order valence-corrected chi connectivity index (χ2v) is 7.91. The van der Waals surface area contributed by atoms with Crippen LogP contribution in [0.1, 0.15) is 42.5 Å². The highest BCUT2D eigenvalue weighted by Crippen LogP contribution is 2.25. The molecule has 0 saturated carbocycles. The minimum Gasteiger partial charge on any atom is -0.478 e. The van der Waals surface area contributed by atoms with Crippen LogP contribution in [-0.4, -0.2) is 53.1 Å². The Morgan fingerprint density at radius 2 is 1.63 bits per heavy atom. The molecule has 0 unspecified atom stereocenters. The molecule has 2 aromatic rings. The first-order valence-electron chi connectivity index (χ1n) is 10.6. The van der Waals surface area contributed by atoms with E-state index in [-0.39, 0.29) is 17.4 Å². The zero-order valence-electron chi connectivity index (χ0n) is 17.0. The summed E-state index contributed by atoms with van der Waals surface area (Å²) in [7, 11) is 0. The standard InChI is InChI=1S/C22H27N5O3/c28-21(25-19-14-23-15-20(24-19)27-10-2-1-3-11-27)16-8-12-26(13-9-16)18-6-4-17(5-7-18)22(29)30/h4-7,14-16H,1-3,8-13H2,(H,29,30)(H,24,25,28). The van der Waals surface area contributed by atoms with Gasteiger partial charge >= 0.3 is 5.97 Å². The molecule has 0 aliphatic carbocycles. The summed E-state index contributed by atoms with van der Waals surface area (Å²) in [6, 6.07) is 6.88. The van der Waals surface area contributed by atoms with Crippen LogP contribution in [0.25, 0.3) is 0 Å². The van der Waals surface area contributed by atoms with E-state index in [1.807, 2.05) is 12.1 Å². The summed E-state index contributed by atoms with van der Waals surface area (Å²) in [5.41, 5.74) is 1.26. The summed E-state index contributed by atoms with van der Waals surface area (Å²) in [5.74, 6) is 0.326. The molecule has 0 atom stereocenters. The van der Waals surface area contributed by atoms with Gasteiger partial charge in [-0.2, -0.15) is 0 Å². The number of amides is 1. The largest absolute Gasteiger partial charge is 0.478 e. The molecule has 2 saturated heterocycles. The molecular formula is C22H27N5O3. The fraction of sp³-hybridized carbons (Fsp3) is 0.455. The lowest BCUT2D eigenvalue weighted by Gasteiger charge is -2.33. The number of piperidine rings is 2. The molecule has 2 fully saturated rings. The van der Waals surface area contributed by atoms with Gasteiger partial charge in [-0.25, -0.2) is 9.78 Å². The van der Waals surface area contributed by atoms with Gasteiger partial charge in [-0.1, -0.05) is 0 Å². The lowest BCUT2D eigenvalue weighted by molar-refractivity contribution is -0.120. The zero-order valence-corrected chi connectivity index (χ0v) is 17.0. The summed E-state index contributed by atoms with van der Waals surface area (Å²) >= 11 is 0. The van der Waals surface area contributed by atoms with E-state index in [4.69, 9.17) is 5.11 Å². The molecule has 158 valence electrons. The molecule has 3 heterocycles.